The predicted molar refractivity (Wildman–Crippen MR) is 61.1 cm³/mol. The maximum Gasteiger partial charge on any atom is 0.164 e. The van der Waals surface area contributed by atoms with E-state index in [1.54, 1.807) is 17.2 Å². The smallest absolute Gasteiger partial charge is 0.164 e. The molecule has 2 heterocycles. The summed E-state index contributed by atoms with van der Waals surface area (Å²) in [5, 5.41) is 8.66. The average Bonchev–Trinajstić information content (AvgIpc) is 2.77. The number of anilines is 1. The van der Waals surface area contributed by atoms with Crippen LogP contribution in [0.4, 0.5) is 5.82 Å². The molecule has 0 aliphatic rings. The number of nitrogens with zero attached hydrogens (tertiary/aromatic N) is 5. The third kappa shape index (κ3) is 2.16. The van der Waals surface area contributed by atoms with Crippen molar-refractivity contribution in [2.75, 3.05) is 5.73 Å². The van der Waals surface area contributed by atoms with Gasteiger partial charge in [-0.1, -0.05) is 18.5 Å². The highest BCUT2D eigenvalue weighted by atomic mass is 35.5. The lowest BCUT2D eigenvalue weighted by atomic mass is 10.5. The van der Waals surface area contributed by atoms with Gasteiger partial charge in [0.25, 0.3) is 0 Å². The van der Waals surface area contributed by atoms with Crippen LogP contribution in [0.15, 0.2) is 12.5 Å². The van der Waals surface area contributed by atoms with Gasteiger partial charge in [0.2, 0.25) is 0 Å². The maximum atomic E-state index is 5.82. The Morgan fingerprint density at radius 3 is 2.94 bits per heavy atom. The summed E-state index contributed by atoms with van der Waals surface area (Å²) in [5.41, 5.74) is 5.56. The van der Waals surface area contributed by atoms with Crippen LogP contribution in [-0.4, -0.2) is 24.5 Å². The van der Waals surface area contributed by atoms with E-state index in [1.807, 2.05) is 4.68 Å². The van der Waals surface area contributed by atoms with Crippen LogP contribution in [0.25, 0.3) is 0 Å². The number of halogens is 1. The highest BCUT2D eigenvalue weighted by Crippen LogP contribution is 2.15. The van der Waals surface area contributed by atoms with E-state index in [0.717, 1.165) is 18.8 Å². The monoisotopic (exact) mass is 240 g/mol. The molecule has 0 fully saturated rings. The van der Waals surface area contributed by atoms with Gasteiger partial charge in [-0.15, -0.1) is 0 Å². The minimum Gasteiger partial charge on any atom is -0.381 e. The minimum atomic E-state index is 0.336. The maximum absolute atomic E-state index is 5.82. The first kappa shape index (κ1) is 10.9. The first-order valence-electron chi connectivity index (χ1n) is 5.05. The zero-order chi connectivity index (χ0) is 11.5. The molecule has 6 nitrogen and oxygen atoms in total. The average molecular weight is 241 g/mol. The fourth-order valence-corrected chi connectivity index (χ4v) is 1.60. The highest BCUT2D eigenvalue weighted by Gasteiger charge is 2.07. The Morgan fingerprint density at radius 2 is 2.31 bits per heavy atom. The van der Waals surface area contributed by atoms with E-state index >= 15 is 0 Å². The van der Waals surface area contributed by atoms with Crippen molar-refractivity contribution in [3.8, 4) is 0 Å². The molecule has 86 valence electrons. The second-order valence-electron chi connectivity index (χ2n) is 3.46. The molecular weight excluding hydrogens is 228 g/mol. The van der Waals surface area contributed by atoms with Gasteiger partial charge in [0.05, 0.1) is 0 Å². The predicted octanol–water partition coefficient (Wildman–Crippen LogP) is 1.17. The molecule has 2 aromatic rings. The standard InChI is InChI=1S/C9H13ClN6/c1-2-3-16-8(12-6-13-16)5-15-4-7(10)9(11)14-15/h4,6H,2-3,5H2,1H3,(H2,11,14). The third-order valence-electron chi connectivity index (χ3n) is 2.18. The third-order valence-corrected chi connectivity index (χ3v) is 2.47. The van der Waals surface area contributed by atoms with Crippen LogP contribution in [-0.2, 0) is 13.1 Å². The molecule has 0 aliphatic carbocycles. The van der Waals surface area contributed by atoms with E-state index in [9.17, 15) is 0 Å². The fraction of sp³-hybridized carbons (Fsp3) is 0.444. The highest BCUT2D eigenvalue weighted by molar-refractivity contribution is 6.32. The van der Waals surface area contributed by atoms with E-state index in [0.29, 0.717) is 17.4 Å². The second-order valence-corrected chi connectivity index (χ2v) is 3.87. The summed E-state index contributed by atoms with van der Waals surface area (Å²) in [7, 11) is 0. The van der Waals surface area contributed by atoms with Crippen LogP contribution in [0.5, 0.6) is 0 Å². The molecule has 0 unspecified atom stereocenters. The number of aryl methyl sites for hydroxylation is 1. The summed E-state index contributed by atoms with van der Waals surface area (Å²) >= 11 is 5.82. The molecule has 2 rings (SSSR count). The van der Waals surface area contributed by atoms with Crippen molar-refractivity contribution in [1.82, 2.24) is 24.5 Å². The van der Waals surface area contributed by atoms with Crippen molar-refractivity contribution in [3.63, 3.8) is 0 Å². The normalized spacial score (nSPS) is 10.9. The van der Waals surface area contributed by atoms with E-state index < -0.39 is 0 Å². The van der Waals surface area contributed by atoms with Crippen LogP contribution in [0.3, 0.4) is 0 Å². The Kier molecular flexibility index (Phi) is 3.09. The van der Waals surface area contributed by atoms with Crippen LogP contribution in [0.2, 0.25) is 5.02 Å². The number of nitrogens with two attached hydrogens (primary N) is 1. The van der Waals surface area contributed by atoms with Gasteiger partial charge in [0, 0.05) is 12.7 Å². The van der Waals surface area contributed by atoms with Gasteiger partial charge in [-0.2, -0.15) is 10.2 Å². The summed E-state index contributed by atoms with van der Waals surface area (Å²) in [5.74, 6) is 1.18. The zero-order valence-corrected chi connectivity index (χ0v) is 9.72. The Balaban J connectivity index is 2.16. The molecule has 0 saturated heterocycles. The van der Waals surface area contributed by atoms with Gasteiger partial charge < -0.3 is 5.73 Å². The van der Waals surface area contributed by atoms with Gasteiger partial charge in [-0.3, -0.25) is 4.68 Å². The summed E-state index contributed by atoms with van der Waals surface area (Å²) in [6.07, 6.45) is 4.24. The number of aromatic nitrogens is 5. The Hall–Kier alpha value is -1.56. The summed E-state index contributed by atoms with van der Waals surface area (Å²) in [4.78, 5) is 4.18. The molecule has 0 amide bonds. The number of hydrogen-bond donors (Lipinski definition) is 1. The fourth-order valence-electron chi connectivity index (χ4n) is 1.45. The van der Waals surface area contributed by atoms with Gasteiger partial charge in [0.1, 0.15) is 23.7 Å². The lowest BCUT2D eigenvalue weighted by Crippen LogP contribution is -2.10. The van der Waals surface area contributed by atoms with Crippen molar-refractivity contribution in [1.29, 1.82) is 0 Å². The molecule has 7 heteroatoms. The quantitative estimate of drug-likeness (QED) is 0.871. The molecule has 16 heavy (non-hydrogen) atoms. The van der Waals surface area contributed by atoms with E-state index in [1.165, 1.54) is 0 Å². The molecule has 0 bridgehead atoms. The Labute approximate surface area is 98.0 Å². The Bertz CT molecular complexity index is 455. The molecule has 0 aliphatic heterocycles. The number of hydrogen-bond acceptors (Lipinski definition) is 4. The molecule has 2 aromatic heterocycles. The second kappa shape index (κ2) is 4.52. The summed E-state index contributed by atoms with van der Waals surface area (Å²) in [6.45, 7) is 3.46. The molecule has 0 atom stereocenters. The van der Waals surface area contributed by atoms with Crippen molar-refractivity contribution in [3.05, 3.63) is 23.4 Å². The van der Waals surface area contributed by atoms with Crippen LogP contribution < -0.4 is 5.73 Å². The first-order chi connectivity index (χ1) is 7.70. The zero-order valence-electron chi connectivity index (χ0n) is 8.97. The van der Waals surface area contributed by atoms with Crippen LogP contribution in [0.1, 0.15) is 19.2 Å². The van der Waals surface area contributed by atoms with Crippen molar-refractivity contribution < 1.29 is 0 Å². The molecule has 0 radical (unpaired) electrons. The molecule has 0 aromatic carbocycles. The SMILES string of the molecule is CCCn1ncnc1Cn1cc(Cl)c(N)n1. The summed E-state index contributed by atoms with van der Waals surface area (Å²) in [6, 6.07) is 0. The topological polar surface area (TPSA) is 74.5 Å². The molecule has 2 N–H and O–H groups in total. The lowest BCUT2D eigenvalue weighted by Gasteiger charge is -2.03. The van der Waals surface area contributed by atoms with E-state index in [-0.39, 0.29) is 0 Å². The number of rotatable bonds is 4. The minimum absolute atomic E-state index is 0.336. The van der Waals surface area contributed by atoms with Crippen LogP contribution >= 0.6 is 11.6 Å². The van der Waals surface area contributed by atoms with Gasteiger partial charge >= 0.3 is 0 Å². The van der Waals surface area contributed by atoms with E-state index in [4.69, 9.17) is 17.3 Å². The van der Waals surface area contributed by atoms with Gasteiger partial charge in [-0.05, 0) is 6.42 Å². The van der Waals surface area contributed by atoms with Crippen molar-refractivity contribution in [2.24, 2.45) is 0 Å². The van der Waals surface area contributed by atoms with E-state index in [2.05, 4.69) is 22.1 Å². The largest absolute Gasteiger partial charge is 0.381 e. The molecule has 0 spiro atoms. The Morgan fingerprint density at radius 1 is 1.50 bits per heavy atom. The lowest BCUT2D eigenvalue weighted by molar-refractivity contribution is 0.540. The summed E-state index contributed by atoms with van der Waals surface area (Å²) < 4.78 is 3.51. The van der Waals surface area contributed by atoms with Crippen molar-refractivity contribution >= 4 is 17.4 Å². The van der Waals surface area contributed by atoms with Gasteiger partial charge in [0.15, 0.2) is 5.82 Å². The molecular formula is C9H13ClN6. The first-order valence-corrected chi connectivity index (χ1v) is 5.43. The number of nitrogen functional groups attached to an aromatic ring is 1. The van der Waals surface area contributed by atoms with Gasteiger partial charge in [-0.25, -0.2) is 9.67 Å². The van der Waals surface area contributed by atoms with Crippen molar-refractivity contribution in [2.45, 2.75) is 26.4 Å². The van der Waals surface area contributed by atoms with Crippen LogP contribution in [0, 0.1) is 0 Å². The molecule has 0 saturated carbocycles.